The molecule has 3 aromatic rings. The van der Waals surface area contributed by atoms with Crippen LogP contribution in [0, 0.1) is 10.1 Å². The van der Waals surface area contributed by atoms with Gasteiger partial charge in [0.15, 0.2) is 11.2 Å². The molecular formula is C17H19N7O4. The van der Waals surface area contributed by atoms with E-state index in [4.69, 9.17) is 0 Å². The van der Waals surface area contributed by atoms with Crippen LogP contribution in [0.2, 0.25) is 0 Å². The number of fused-ring (bicyclic) bond motifs is 1. The molecule has 1 aromatic carbocycles. The van der Waals surface area contributed by atoms with Gasteiger partial charge in [-0.2, -0.15) is 10.1 Å². The Bertz CT molecular complexity index is 1220. The fourth-order valence-electron chi connectivity index (χ4n) is 2.86. The van der Waals surface area contributed by atoms with Crippen molar-refractivity contribution in [1.82, 2.24) is 18.7 Å². The summed E-state index contributed by atoms with van der Waals surface area (Å²) in [7, 11) is 2.97. The molecule has 0 unspecified atom stereocenters. The zero-order valence-electron chi connectivity index (χ0n) is 15.8. The SMILES string of the molecule is CCn1c(NN=C(C)c2ccc([N+](=O)[O-])cc2)nc2c1c(=O)n(C)c(=O)n2C. The Hall–Kier alpha value is -3.76. The molecule has 2 aromatic heterocycles. The predicted molar refractivity (Wildman–Crippen MR) is 105 cm³/mol. The molecule has 11 nitrogen and oxygen atoms in total. The minimum absolute atomic E-state index is 0.00551. The van der Waals surface area contributed by atoms with Crippen LogP contribution in [-0.2, 0) is 20.6 Å². The van der Waals surface area contributed by atoms with Gasteiger partial charge in [0.2, 0.25) is 5.95 Å². The van der Waals surface area contributed by atoms with E-state index in [0.29, 0.717) is 29.3 Å². The molecule has 28 heavy (non-hydrogen) atoms. The molecule has 0 radical (unpaired) electrons. The van der Waals surface area contributed by atoms with Crippen molar-refractivity contribution in [2.24, 2.45) is 19.2 Å². The van der Waals surface area contributed by atoms with E-state index in [9.17, 15) is 19.7 Å². The van der Waals surface area contributed by atoms with Gasteiger partial charge in [-0.1, -0.05) is 0 Å². The van der Waals surface area contributed by atoms with Gasteiger partial charge in [0, 0.05) is 32.8 Å². The quantitative estimate of drug-likeness (QED) is 0.399. The fraction of sp³-hybridized carbons (Fsp3) is 0.294. The second-order valence-corrected chi connectivity index (χ2v) is 6.17. The van der Waals surface area contributed by atoms with Crippen molar-refractivity contribution in [1.29, 1.82) is 0 Å². The zero-order valence-corrected chi connectivity index (χ0v) is 15.8. The lowest BCUT2D eigenvalue weighted by Crippen LogP contribution is -2.37. The number of imidazole rings is 1. The molecule has 0 amide bonds. The first-order chi connectivity index (χ1) is 13.3. The first-order valence-corrected chi connectivity index (χ1v) is 8.47. The number of nitrogens with one attached hydrogen (secondary N) is 1. The van der Waals surface area contributed by atoms with Crippen molar-refractivity contribution in [2.45, 2.75) is 20.4 Å². The predicted octanol–water partition coefficient (Wildman–Crippen LogP) is 1.20. The normalized spacial score (nSPS) is 11.8. The molecule has 0 fully saturated rings. The number of nitro benzene ring substituents is 1. The molecule has 0 atom stereocenters. The van der Waals surface area contributed by atoms with E-state index in [-0.39, 0.29) is 11.3 Å². The first kappa shape index (κ1) is 19.0. The smallest absolute Gasteiger partial charge is 0.303 e. The lowest BCUT2D eigenvalue weighted by molar-refractivity contribution is -0.384. The van der Waals surface area contributed by atoms with Gasteiger partial charge in [0.25, 0.3) is 11.2 Å². The highest BCUT2D eigenvalue weighted by molar-refractivity contribution is 5.99. The molecule has 0 aliphatic carbocycles. The maximum atomic E-state index is 12.5. The summed E-state index contributed by atoms with van der Waals surface area (Å²) in [6, 6.07) is 5.99. The average molecular weight is 385 g/mol. The summed E-state index contributed by atoms with van der Waals surface area (Å²) < 4.78 is 3.98. The van der Waals surface area contributed by atoms with Gasteiger partial charge in [-0.15, -0.1) is 0 Å². The van der Waals surface area contributed by atoms with Crippen LogP contribution in [-0.4, -0.2) is 29.3 Å². The molecule has 0 bridgehead atoms. The van der Waals surface area contributed by atoms with E-state index in [1.54, 1.807) is 30.7 Å². The molecule has 0 saturated heterocycles. The van der Waals surface area contributed by atoms with Gasteiger partial charge in [-0.05, 0) is 31.5 Å². The molecular weight excluding hydrogens is 366 g/mol. The topological polar surface area (TPSA) is 129 Å². The molecule has 1 N–H and O–H groups in total. The van der Waals surface area contributed by atoms with Gasteiger partial charge in [0.05, 0.1) is 10.6 Å². The molecule has 0 aliphatic rings. The van der Waals surface area contributed by atoms with Crippen molar-refractivity contribution in [3.05, 3.63) is 60.8 Å². The number of hydrogen-bond donors (Lipinski definition) is 1. The third-order valence-electron chi connectivity index (χ3n) is 4.48. The fourth-order valence-corrected chi connectivity index (χ4v) is 2.86. The van der Waals surface area contributed by atoms with Crippen LogP contribution < -0.4 is 16.7 Å². The molecule has 2 heterocycles. The van der Waals surface area contributed by atoms with E-state index in [1.165, 1.54) is 23.7 Å². The van der Waals surface area contributed by atoms with Crippen molar-refractivity contribution in [3.8, 4) is 0 Å². The number of hydrazone groups is 1. The number of nitro groups is 1. The number of anilines is 1. The van der Waals surface area contributed by atoms with Gasteiger partial charge in [0.1, 0.15) is 0 Å². The van der Waals surface area contributed by atoms with E-state index in [0.717, 1.165) is 4.57 Å². The Labute approximate surface area is 158 Å². The van der Waals surface area contributed by atoms with Crippen LogP contribution in [0.5, 0.6) is 0 Å². The number of non-ortho nitro benzene ring substituents is 1. The standard InChI is InChI=1S/C17H19N7O4/c1-5-23-13-14(21(3)17(26)22(4)15(13)25)18-16(23)20-19-10(2)11-6-8-12(9-7-11)24(27)28/h6-9H,5H2,1-4H3,(H,18,20). The highest BCUT2D eigenvalue weighted by Gasteiger charge is 2.18. The Morgan fingerprint density at radius 2 is 1.86 bits per heavy atom. The van der Waals surface area contributed by atoms with Crippen LogP contribution in [0.3, 0.4) is 0 Å². The third-order valence-corrected chi connectivity index (χ3v) is 4.48. The first-order valence-electron chi connectivity index (χ1n) is 8.47. The largest absolute Gasteiger partial charge is 0.332 e. The molecule has 0 spiro atoms. The van der Waals surface area contributed by atoms with E-state index >= 15 is 0 Å². The van der Waals surface area contributed by atoms with E-state index < -0.39 is 16.2 Å². The van der Waals surface area contributed by atoms with Gasteiger partial charge in [-0.3, -0.25) is 24.0 Å². The van der Waals surface area contributed by atoms with E-state index in [2.05, 4.69) is 15.5 Å². The Morgan fingerprint density at radius 1 is 1.21 bits per heavy atom. The minimum atomic E-state index is -0.469. The summed E-state index contributed by atoms with van der Waals surface area (Å²) in [5.74, 6) is 0.317. The summed E-state index contributed by atoms with van der Waals surface area (Å²) in [5, 5.41) is 15.0. The number of aryl methyl sites for hydroxylation is 2. The van der Waals surface area contributed by atoms with Gasteiger partial charge in [-0.25, -0.2) is 10.2 Å². The van der Waals surface area contributed by atoms with Crippen molar-refractivity contribution in [2.75, 3.05) is 5.43 Å². The van der Waals surface area contributed by atoms with Crippen molar-refractivity contribution >= 4 is 28.5 Å². The zero-order chi connectivity index (χ0) is 20.6. The summed E-state index contributed by atoms with van der Waals surface area (Å²) in [5.41, 5.74) is 3.76. The Kier molecular flexibility index (Phi) is 4.82. The third kappa shape index (κ3) is 3.06. The molecule has 146 valence electrons. The summed E-state index contributed by atoms with van der Waals surface area (Å²) in [6.45, 7) is 4.03. The lowest BCUT2D eigenvalue weighted by Gasteiger charge is -2.07. The maximum Gasteiger partial charge on any atom is 0.332 e. The molecule has 0 aliphatic heterocycles. The van der Waals surface area contributed by atoms with Crippen LogP contribution in [0.25, 0.3) is 11.2 Å². The number of aromatic nitrogens is 4. The molecule has 11 heteroatoms. The second-order valence-electron chi connectivity index (χ2n) is 6.17. The summed E-state index contributed by atoms with van der Waals surface area (Å²) in [6.07, 6.45) is 0. The summed E-state index contributed by atoms with van der Waals surface area (Å²) >= 11 is 0. The van der Waals surface area contributed by atoms with Gasteiger partial charge < -0.3 is 4.57 Å². The Balaban J connectivity index is 2.02. The monoisotopic (exact) mass is 385 g/mol. The highest BCUT2D eigenvalue weighted by atomic mass is 16.6. The van der Waals surface area contributed by atoms with Gasteiger partial charge >= 0.3 is 5.69 Å². The molecule has 3 rings (SSSR count). The number of benzene rings is 1. The lowest BCUT2D eigenvalue weighted by atomic mass is 10.1. The maximum absolute atomic E-state index is 12.5. The summed E-state index contributed by atoms with van der Waals surface area (Å²) in [4.78, 5) is 39.3. The van der Waals surface area contributed by atoms with Crippen LogP contribution in [0.4, 0.5) is 11.6 Å². The number of hydrogen-bond acceptors (Lipinski definition) is 7. The minimum Gasteiger partial charge on any atom is -0.303 e. The van der Waals surface area contributed by atoms with Crippen molar-refractivity contribution < 1.29 is 4.92 Å². The average Bonchev–Trinajstić information content (AvgIpc) is 3.07. The van der Waals surface area contributed by atoms with Crippen LogP contribution in [0.1, 0.15) is 19.4 Å². The van der Waals surface area contributed by atoms with Crippen LogP contribution in [0.15, 0.2) is 39.0 Å². The number of rotatable bonds is 5. The van der Waals surface area contributed by atoms with Crippen LogP contribution >= 0.6 is 0 Å². The Morgan fingerprint density at radius 3 is 2.43 bits per heavy atom. The van der Waals surface area contributed by atoms with Crippen molar-refractivity contribution in [3.63, 3.8) is 0 Å². The second kappa shape index (κ2) is 7.10. The number of nitrogens with zero attached hydrogens (tertiary/aromatic N) is 6. The highest BCUT2D eigenvalue weighted by Crippen LogP contribution is 2.16. The molecule has 0 saturated carbocycles. The van der Waals surface area contributed by atoms with E-state index in [1.807, 2.05) is 6.92 Å².